The third-order valence-corrected chi connectivity index (χ3v) is 10.4. The zero-order valence-electron chi connectivity index (χ0n) is 26.7. The number of alkyl carbamates (subject to hydrolysis) is 1. The molecule has 2 aromatic carbocycles. The maximum atomic E-state index is 13.5. The van der Waals surface area contributed by atoms with Gasteiger partial charge in [-0.3, -0.25) is 4.79 Å². The van der Waals surface area contributed by atoms with Gasteiger partial charge in [-0.25, -0.2) is 14.8 Å². The first-order valence-corrected chi connectivity index (χ1v) is 16.4. The smallest absolute Gasteiger partial charge is 0.407 e. The number of ether oxygens (including phenoxy) is 2. The molecule has 3 aliphatic rings. The van der Waals surface area contributed by atoms with Crippen LogP contribution < -0.4 is 5.32 Å². The van der Waals surface area contributed by atoms with Crippen LogP contribution in [-0.4, -0.2) is 69.7 Å². The van der Waals surface area contributed by atoms with Crippen molar-refractivity contribution in [2.45, 2.75) is 69.6 Å². The SMILES string of the molecule is COC(=O)NC(C(=O)N1CCCC1c1ncc(-c2ccc(-c3ccc(-c4cnc([C@@H]5CC6CCC5C6)[nH]4)cc3)cc2)[nH]1)C(C)OC. The molecule has 10 heteroatoms. The molecule has 6 atom stereocenters. The molecule has 1 saturated heterocycles. The summed E-state index contributed by atoms with van der Waals surface area (Å²) in [4.78, 5) is 43.8. The van der Waals surface area contributed by atoms with Crippen molar-refractivity contribution in [1.29, 1.82) is 0 Å². The largest absolute Gasteiger partial charge is 0.453 e. The molecule has 2 bridgehead atoms. The van der Waals surface area contributed by atoms with Crippen LogP contribution in [-0.2, 0) is 14.3 Å². The number of hydrogen-bond donors (Lipinski definition) is 3. The van der Waals surface area contributed by atoms with Gasteiger partial charge in [0.15, 0.2) is 0 Å². The molecule has 2 amide bonds. The molecule has 1 aliphatic heterocycles. The second kappa shape index (κ2) is 12.7. The summed E-state index contributed by atoms with van der Waals surface area (Å²) in [6.45, 7) is 2.33. The fourth-order valence-electron chi connectivity index (χ4n) is 7.78. The molecule has 46 heavy (non-hydrogen) atoms. The number of carbonyl (C=O) groups is 2. The molecule has 3 fully saturated rings. The quantitative estimate of drug-likeness (QED) is 0.197. The Bertz CT molecular complexity index is 1680. The normalized spacial score (nSPS) is 23.4. The number of fused-ring (bicyclic) bond motifs is 2. The van der Waals surface area contributed by atoms with Gasteiger partial charge < -0.3 is 29.7 Å². The number of rotatable bonds is 9. The third kappa shape index (κ3) is 5.82. The lowest BCUT2D eigenvalue weighted by atomic mass is 9.88. The van der Waals surface area contributed by atoms with Gasteiger partial charge in [-0.1, -0.05) is 55.0 Å². The van der Waals surface area contributed by atoms with E-state index in [4.69, 9.17) is 14.5 Å². The summed E-state index contributed by atoms with van der Waals surface area (Å²) >= 11 is 0. The van der Waals surface area contributed by atoms with Crippen LogP contribution in [0.4, 0.5) is 4.79 Å². The Morgan fingerprint density at radius 3 is 2.02 bits per heavy atom. The molecule has 240 valence electrons. The van der Waals surface area contributed by atoms with Gasteiger partial charge in [0, 0.05) is 19.6 Å². The van der Waals surface area contributed by atoms with E-state index in [1.165, 1.54) is 39.9 Å². The number of imidazole rings is 2. The minimum Gasteiger partial charge on any atom is -0.453 e. The molecular weight excluding hydrogens is 580 g/mol. The fourth-order valence-corrected chi connectivity index (χ4v) is 7.78. The number of methoxy groups -OCH3 is 2. The summed E-state index contributed by atoms with van der Waals surface area (Å²) in [6, 6.07) is 16.0. The molecule has 10 nitrogen and oxygen atoms in total. The van der Waals surface area contributed by atoms with Crippen LogP contribution >= 0.6 is 0 Å². The first-order valence-electron chi connectivity index (χ1n) is 16.4. The van der Waals surface area contributed by atoms with E-state index in [1.54, 1.807) is 11.8 Å². The fraction of sp³-hybridized carbons (Fsp3) is 0.444. The van der Waals surface area contributed by atoms with E-state index in [0.717, 1.165) is 70.0 Å². The number of aromatic nitrogens is 4. The van der Waals surface area contributed by atoms with Gasteiger partial charge in [0.25, 0.3) is 0 Å². The number of aromatic amines is 2. The highest BCUT2D eigenvalue weighted by Gasteiger charge is 2.41. The van der Waals surface area contributed by atoms with Gasteiger partial charge in [-0.15, -0.1) is 0 Å². The highest BCUT2D eigenvalue weighted by atomic mass is 16.5. The molecule has 7 rings (SSSR count). The van der Waals surface area contributed by atoms with Crippen molar-refractivity contribution in [2.75, 3.05) is 20.8 Å². The predicted octanol–water partition coefficient (Wildman–Crippen LogP) is 6.46. The summed E-state index contributed by atoms with van der Waals surface area (Å²) in [5.74, 6) is 3.98. The molecule has 2 aromatic heterocycles. The maximum Gasteiger partial charge on any atom is 0.407 e. The summed E-state index contributed by atoms with van der Waals surface area (Å²) in [5, 5.41) is 2.63. The molecule has 2 aliphatic carbocycles. The summed E-state index contributed by atoms with van der Waals surface area (Å²) in [7, 11) is 2.79. The van der Waals surface area contributed by atoms with Crippen LogP contribution in [0.2, 0.25) is 0 Å². The topological polar surface area (TPSA) is 125 Å². The average molecular weight is 623 g/mol. The molecular formula is C36H42N6O4. The summed E-state index contributed by atoms with van der Waals surface area (Å²) < 4.78 is 10.1. The second-order valence-electron chi connectivity index (χ2n) is 13.0. The Balaban J connectivity index is 1.02. The van der Waals surface area contributed by atoms with Crippen molar-refractivity contribution in [3.8, 4) is 33.6 Å². The number of benzene rings is 2. The van der Waals surface area contributed by atoms with Gasteiger partial charge >= 0.3 is 6.09 Å². The van der Waals surface area contributed by atoms with E-state index in [-0.39, 0.29) is 11.9 Å². The lowest BCUT2D eigenvalue weighted by Crippen LogP contribution is -2.54. The van der Waals surface area contributed by atoms with Crippen LogP contribution in [0.5, 0.6) is 0 Å². The highest BCUT2D eigenvalue weighted by molar-refractivity contribution is 5.87. The zero-order valence-corrected chi connectivity index (χ0v) is 26.7. The van der Waals surface area contributed by atoms with Gasteiger partial charge in [0.05, 0.1) is 43.0 Å². The number of amides is 2. The Kier molecular flexibility index (Phi) is 8.38. The van der Waals surface area contributed by atoms with Crippen LogP contribution in [0.25, 0.3) is 33.6 Å². The number of hydrogen-bond acceptors (Lipinski definition) is 6. The molecule has 3 heterocycles. The van der Waals surface area contributed by atoms with E-state index in [9.17, 15) is 9.59 Å². The van der Waals surface area contributed by atoms with Gasteiger partial charge in [-0.05, 0) is 73.1 Å². The summed E-state index contributed by atoms with van der Waals surface area (Å²) in [6.07, 6.45) is 9.65. The Morgan fingerprint density at radius 2 is 1.46 bits per heavy atom. The van der Waals surface area contributed by atoms with Crippen LogP contribution in [0.3, 0.4) is 0 Å². The Morgan fingerprint density at radius 1 is 0.848 bits per heavy atom. The Hall–Kier alpha value is -4.44. The molecule has 4 aromatic rings. The van der Waals surface area contributed by atoms with E-state index in [0.29, 0.717) is 12.5 Å². The Labute approximate surface area is 269 Å². The number of likely N-dealkylation sites (tertiary alicyclic amines) is 1. The van der Waals surface area contributed by atoms with Crippen molar-refractivity contribution in [3.63, 3.8) is 0 Å². The standard InChI is InChI=1S/C36H42N6O4/c1-21(45-2)32(41-36(44)46-3)35(43)42-16-4-5-31(42)34-38-20-30(40-34)26-14-10-24(11-15-26)23-8-12-25(13-9-23)29-19-37-33(39-29)28-18-22-6-7-27(28)17-22/h8-15,19-22,27-28,31-32H,4-7,16-18H2,1-3H3,(H,37,39)(H,38,40)(H,41,44)/t21?,22?,27?,28-,31?,32?/m1/s1. The highest BCUT2D eigenvalue weighted by Crippen LogP contribution is 2.52. The van der Waals surface area contributed by atoms with E-state index < -0.39 is 18.2 Å². The minimum absolute atomic E-state index is 0.218. The lowest BCUT2D eigenvalue weighted by molar-refractivity contribution is -0.137. The van der Waals surface area contributed by atoms with Crippen molar-refractivity contribution in [2.24, 2.45) is 11.8 Å². The number of H-pyrrole nitrogens is 2. The van der Waals surface area contributed by atoms with Gasteiger partial charge in [0.1, 0.15) is 17.7 Å². The van der Waals surface area contributed by atoms with Crippen LogP contribution in [0.1, 0.15) is 69.1 Å². The monoisotopic (exact) mass is 622 g/mol. The van der Waals surface area contributed by atoms with E-state index >= 15 is 0 Å². The van der Waals surface area contributed by atoms with Crippen molar-refractivity contribution >= 4 is 12.0 Å². The molecule has 2 saturated carbocycles. The molecule has 0 spiro atoms. The predicted molar refractivity (Wildman–Crippen MR) is 175 cm³/mol. The number of carbonyl (C=O) groups excluding carboxylic acids is 2. The van der Waals surface area contributed by atoms with Crippen molar-refractivity contribution < 1.29 is 19.1 Å². The van der Waals surface area contributed by atoms with E-state index in [2.05, 4.69) is 68.8 Å². The molecule has 3 N–H and O–H groups in total. The lowest BCUT2D eigenvalue weighted by Gasteiger charge is -2.30. The summed E-state index contributed by atoms with van der Waals surface area (Å²) in [5.41, 5.74) is 6.41. The minimum atomic E-state index is -0.863. The first-order chi connectivity index (χ1) is 22.4. The van der Waals surface area contributed by atoms with Crippen LogP contribution in [0.15, 0.2) is 60.9 Å². The zero-order chi connectivity index (χ0) is 31.8. The van der Waals surface area contributed by atoms with E-state index in [1.807, 2.05) is 12.4 Å². The first kappa shape index (κ1) is 30.2. The van der Waals surface area contributed by atoms with Crippen LogP contribution in [0, 0.1) is 11.8 Å². The molecule has 5 unspecified atom stereocenters. The van der Waals surface area contributed by atoms with Gasteiger partial charge in [-0.2, -0.15) is 0 Å². The van der Waals surface area contributed by atoms with Crippen molar-refractivity contribution in [3.05, 3.63) is 72.6 Å². The van der Waals surface area contributed by atoms with Crippen molar-refractivity contribution in [1.82, 2.24) is 30.2 Å². The third-order valence-electron chi connectivity index (χ3n) is 10.4. The second-order valence-corrected chi connectivity index (χ2v) is 13.0. The van der Waals surface area contributed by atoms with Gasteiger partial charge in [0.2, 0.25) is 5.91 Å². The maximum absolute atomic E-state index is 13.5. The average Bonchev–Trinajstić information content (AvgIpc) is 3.94. The number of nitrogens with zero attached hydrogens (tertiary/aromatic N) is 3. The molecule has 0 radical (unpaired) electrons. The number of nitrogens with one attached hydrogen (secondary N) is 3.